The summed E-state index contributed by atoms with van der Waals surface area (Å²) in [4.78, 5) is 13.6. The maximum absolute atomic E-state index is 13.3. The summed E-state index contributed by atoms with van der Waals surface area (Å²) in [7, 11) is 1.75. The molecule has 2 aromatic carbocycles. The van der Waals surface area contributed by atoms with E-state index in [0.29, 0.717) is 53.6 Å². The van der Waals surface area contributed by atoms with Crippen molar-refractivity contribution in [2.45, 2.75) is 39.4 Å². The predicted octanol–water partition coefficient (Wildman–Crippen LogP) is 6.95. The van der Waals surface area contributed by atoms with Crippen LogP contribution in [0.15, 0.2) is 30.3 Å². The zero-order chi connectivity index (χ0) is 25.7. The van der Waals surface area contributed by atoms with Crippen LogP contribution in [0.1, 0.15) is 41.3 Å². The Hall–Kier alpha value is -2.22. The van der Waals surface area contributed by atoms with Crippen LogP contribution in [0.5, 0.6) is 0 Å². The van der Waals surface area contributed by atoms with Crippen LogP contribution in [0.4, 0.5) is 13.2 Å². The summed E-state index contributed by atoms with van der Waals surface area (Å²) in [6.07, 6.45) is -3.46. The molecule has 0 amide bonds. The van der Waals surface area contributed by atoms with E-state index in [2.05, 4.69) is 4.90 Å². The van der Waals surface area contributed by atoms with Crippen LogP contribution in [0.3, 0.4) is 0 Å². The maximum atomic E-state index is 13.3. The average Bonchev–Trinajstić information content (AvgIpc) is 3.08. The van der Waals surface area contributed by atoms with Crippen molar-refractivity contribution in [3.05, 3.63) is 68.3 Å². The van der Waals surface area contributed by atoms with Gasteiger partial charge in [0.15, 0.2) is 0 Å². The van der Waals surface area contributed by atoms with E-state index in [1.165, 1.54) is 12.1 Å². The van der Waals surface area contributed by atoms with Crippen LogP contribution in [-0.4, -0.2) is 33.6 Å². The Bertz CT molecular complexity index is 1290. The highest BCUT2D eigenvalue weighted by Crippen LogP contribution is 2.36. The number of carboxylic acid groups (broad SMARTS) is 1. The minimum atomic E-state index is -4.42. The second-order valence-electron chi connectivity index (χ2n) is 9.54. The summed E-state index contributed by atoms with van der Waals surface area (Å²) < 4.78 is 41.8. The normalized spacial score (nSPS) is 19.4. The Morgan fingerprint density at radius 3 is 2.54 bits per heavy atom. The van der Waals surface area contributed by atoms with Crippen molar-refractivity contribution in [1.82, 2.24) is 9.47 Å². The molecule has 0 bridgehead atoms. The van der Waals surface area contributed by atoms with E-state index in [4.69, 9.17) is 23.2 Å². The minimum Gasteiger partial charge on any atom is -0.481 e. The Balaban J connectivity index is 1.62. The molecule has 1 aromatic heterocycles. The van der Waals surface area contributed by atoms with Crippen molar-refractivity contribution in [3.63, 3.8) is 0 Å². The van der Waals surface area contributed by atoms with Gasteiger partial charge in [0.1, 0.15) is 0 Å². The summed E-state index contributed by atoms with van der Waals surface area (Å²) in [5.41, 5.74) is 2.81. The molecular formula is C26H27Cl2F3N2O2. The second kappa shape index (κ2) is 9.68. The lowest BCUT2D eigenvalue weighted by Crippen LogP contribution is -2.41. The van der Waals surface area contributed by atoms with Gasteiger partial charge in [-0.2, -0.15) is 13.2 Å². The number of aromatic nitrogens is 1. The third kappa shape index (κ3) is 5.18. The molecule has 0 saturated carbocycles. The molecule has 0 unspecified atom stereocenters. The molecule has 0 radical (unpaired) electrons. The molecule has 1 aliphatic rings. The molecule has 4 rings (SSSR count). The number of halogens is 5. The summed E-state index contributed by atoms with van der Waals surface area (Å²) in [5.74, 6) is -1.06. The molecule has 188 valence electrons. The summed E-state index contributed by atoms with van der Waals surface area (Å²) in [6, 6.07) is 7.90. The highest BCUT2D eigenvalue weighted by molar-refractivity contribution is 6.36. The summed E-state index contributed by atoms with van der Waals surface area (Å²) in [6.45, 7) is 5.53. The number of fused-ring (bicyclic) bond motifs is 1. The number of alkyl halides is 3. The Morgan fingerprint density at radius 1 is 1.20 bits per heavy atom. The van der Waals surface area contributed by atoms with Crippen LogP contribution >= 0.6 is 23.2 Å². The van der Waals surface area contributed by atoms with Gasteiger partial charge in [-0.1, -0.05) is 36.2 Å². The van der Waals surface area contributed by atoms with Gasteiger partial charge in [0.05, 0.1) is 16.5 Å². The number of benzene rings is 2. The molecule has 1 fully saturated rings. The zero-order valence-corrected chi connectivity index (χ0v) is 21.2. The number of piperidine rings is 1. The molecule has 4 nitrogen and oxygen atoms in total. The van der Waals surface area contributed by atoms with Crippen molar-refractivity contribution in [2.75, 3.05) is 13.1 Å². The van der Waals surface area contributed by atoms with E-state index in [-0.39, 0.29) is 11.8 Å². The SMILES string of the molecule is Cc1cc(C(F)(F)F)cc2c1cc(Cc1c(Cl)ccc(CN3CC[C@@H](C(=O)O)[C@@H](C)C3)c1Cl)n2C. The van der Waals surface area contributed by atoms with Crippen molar-refractivity contribution < 1.29 is 23.1 Å². The summed E-state index contributed by atoms with van der Waals surface area (Å²) >= 11 is 13.3. The first-order valence-electron chi connectivity index (χ1n) is 11.4. The first-order valence-corrected chi connectivity index (χ1v) is 12.2. The van der Waals surface area contributed by atoms with Crippen LogP contribution in [-0.2, 0) is 31.0 Å². The lowest BCUT2D eigenvalue weighted by molar-refractivity contribution is -0.145. The van der Waals surface area contributed by atoms with Gasteiger partial charge in [0.25, 0.3) is 0 Å². The maximum Gasteiger partial charge on any atom is 0.416 e. The van der Waals surface area contributed by atoms with E-state index in [0.717, 1.165) is 22.2 Å². The lowest BCUT2D eigenvalue weighted by Gasteiger charge is -2.35. The largest absolute Gasteiger partial charge is 0.481 e. The minimum absolute atomic E-state index is 0.0347. The van der Waals surface area contributed by atoms with Gasteiger partial charge in [-0.25, -0.2) is 0 Å². The van der Waals surface area contributed by atoms with Crippen LogP contribution < -0.4 is 0 Å². The molecule has 35 heavy (non-hydrogen) atoms. The van der Waals surface area contributed by atoms with Crippen LogP contribution in [0.25, 0.3) is 10.9 Å². The number of hydrogen-bond acceptors (Lipinski definition) is 2. The molecule has 0 spiro atoms. The highest BCUT2D eigenvalue weighted by atomic mass is 35.5. The van der Waals surface area contributed by atoms with Crippen molar-refractivity contribution in [1.29, 1.82) is 0 Å². The number of likely N-dealkylation sites (tertiary alicyclic amines) is 1. The number of aryl methyl sites for hydroxylation is 2. The van der Waals surface area contributed by atoms with Crippen molar-refractivity contribution >= 4 is 40.1 Å². The third-order valence-electron chi connectivity index (χ3n) is 7.12. The van der Waals surface area contributed by atoms with E-state index < -0.39 is 17.7 Å². The predicted molar refractivity (Wildman–Crippen MR) is 132 cm³/mol. The van der Waals surface area contributed by atoms with Gasteiger partial charge < -0.3 is 9.67 Å². The molecular weight excluding hydrogens is 500 g/mol. The molecule has 1 aliphatic heterocycles. The van der Waals surface area contributed by atoms with Crippen LogP contribution in [0.2, 0.25) is 10.0 Å². The number of hydrogen-bond donors (Lipinski definition) is 1. The fraction of sp³-hybridized carbons (Fsp3) is 0.423. The summed E-state index contributed by atoms with van der Waals surface area (Å²) in [5, 5.41) is 11.2. The van der Waals surface area contributed by atoms with E-state index in [9.17, 15) is 23.1 Å². The fourth-order valence-corrected chi connectivity index (χ4v) is 5.66. The first-order chi connectivity index (χ1) is 16.4. The zero-order valence-electron chi connectivity index (χ0n) is 19.7. The van der Waals surface area contributed by atoms with Gasteiger partial charge in [-0.3, -0.25) is 9.69 Å². The first kappa shape index (κ1) is 25.9. The topological polar surface area (TPSA) is 45.5 Å². The number of nitrogens with zero attached hydrogens (tertiary/aromatic N) is 2. The molecule has 2 heterocycles. The van der Waals surface area contributed by atoms with Gasteiger partial charge in [-0.05, 0) is 66.8 Å². The Labute approximate surface area is 212 Å². The fourth-order valence-electron chi connectivity index (χ4n) is 5.09. The number of rotatable bonds is 5. The van der Waals surface area contributed by atoms with Crippen LogP contribution in [0, 0.1) is 18.8 Å². The molecule has 9 heteroatoms. The van der Waals surface area contributed by atoms with E-state index in [1.54, 1.807) is 24.6 Å². The van der Waals surface area contributed by atoms with Gasteiger partial charge in [0, 0.05) is 48.2 Å². The number of aliphatic carboxylic acids is 1. The molecule has 1 saturated heterocycles. The average molecular weight is 527 g/mol. The highest BCUT2D eigenvalue weighted by Gasteiger charge is 2.32. The van der Waals surface area contributed by atoms with E-state index in [1.807, 2.05) is 19.1 Å². The molecule has 3 aromatic rings. The van der Waals surface area contributed by atoms with Crippen molar-refractivity contribution in [2.24, 2.45) is 18.9 Å². The Morgan fingerprint density at radius 2 is 1.91 bits per heavy atom. The Kier molecular flexibility index (Phi) is 7.15. The molecule has 0 aliphatic carbocycles. The monoisotopic (exact) mass is 526 g/mol. The molecule has 1 N–H and O–H groups in total. The standard InChI is InChI=1S/C26H27Cl2F3N2O2/c1-14-8-17(26(29,30)31)9-23-20(14)10-18(32(23)3)11-21-22(27)5-4-16(24(21)28)13-33-7-6-19(25(34)35)15(2)12-33/h4-5,8-10,15,19H,6-7,11-13H2,1-3H3,(H,34,35)/t15-,19+/m0/s1. The van der Waals surface area contributed by atoms with Gasteiger partial charge in [0.2, 0.25) is 0 Å². The number of carbonyl (C=O) groups is 1. The molecule has 2 atom stereocenters. The van der Waals surface area contributed by atoms with Gasteiger partial charge >= 0.3 is 12.1 Å². The van der Waals surface area contributed by atoms with Crippen molar-refractivity contribution in [3.8, 4) is 0 Å². The lowest BCUT2D eigenvalue weighted by atomic mass is 9.87. The third-order valence-corrected chi connectivity index (χ3v) is 7.94. The van der Waals surface area contributed by atoms with Gasteiger partial charge in [-0.15, -0.1) is 0 Å². The smallest absolute Gasteiger partial charge is 0.416 e. The number of carboxylic acids is 1. The second-order valence-corrected chi connectivity index (χ2v) is 10.3. The van der Waals surface area contributed by atoms with E-state index >= 15 is 0 Å². The quantitative estimate of drug-likeness (QED) is 0.391.